The first-order valence-electron chi connectivity index (χ1n) is 10.7. The highest BCUT2D eigenvalue weighted by atomic mass is 32.1. The van der Waals surface area contributed by atoms with Crippen LogP contribution in [0.3, 0.4) is 0 Å². The van der Waals surface area contributed by atoms with E-state index < -0.39 is 4.92 Å². The number of H-pyrrole nitrogens is 1. The molecule has 1 aromatic carbocycles. The van der Waals surface area contributed by atoms with E-state index in [1.165, 1.54) is 19.4 Å². The number of hydrogen-bond acceptors (Lipinski definition) is 7. The lowest BCUT2D eigenvalue weighted by atomic mass is 10.0. The molecular weight excluding hydrogens is 418 g/mol. The molecule has 1 heterocycles. The maximum absolute atomic E-state index is 11.7. The summed E-state index contributed by atoms with van der Waals surface area (Å²) in [4.78, 5) is 11.2. The number of aromatic amines is 1. The largest absolute Gasteiger partial charge is 0.493 e. The first-order chi connectivity index (χ1) is 15.0. The van der Waals surface area contributed by atoms with Crippen molar-refractivity contribution >= 4 is 24.1 Å². The average molecular weight is 450 g/mol. The third kappa shape index (κ3) is 6.36. The quantitative estimate of drug-likeness (QED) is 0.140. The Labute approximate surface area is 187 Å². The minimum atomic E-state index is -0.472. The van der Waals surface area contributed by atoms with Gasteiger partial charge in [-0.3, -0.25) is 15.2 Å². The second-order valence-corrected chi connectivity index (χ2v) is 7.58. The summed E-state index contributed by atoms with van der Waals surface area (Å²) in [5.74, 6) is 1.37. The highest BCUT2D eigenvalue weighted by molar-refractivity contribution is 7.71. The Morgan fingerprint density at radius 3 is 2.65 bits per heavy atom. The Kier molecular flexibility index (Phi) is 9.64. The van der Waals surface area contributed by atoms with Gasteiger partial charge in [0.25, 0.3) is 0 Å². The van der Waals surface area contributed by atoms with Crippen molar-refractivity contribution in [2.24, 2.45) is 5.10 Å². The van der Waals surface area contributed by atoms with Gasteiger partial charge < -0.3 is 9.47 Å². The van der Waals surface area contributed by atoms with Crippen LogP contribution in [0, 0.1) is 14.9 Å². The summed E-state index contributed by atoms with van der Waals surface area (Å²) in [5, 5.41) is 23.2. The molecule has 9 nitrogen and oxygen atoms in total. The lowest BCUT2D eigenvalue weighted by molar-refractivity contribution is -0.386. The number of methoxy groups -OCH3 is 1. The molecule has 1 N–H and O–H groups in total. The van der Waals surface area contributed by atoms with Gasteiger partial charge in [-0.15, -0.1) is 0 Å². The van der Waals surface area contributed by atoms with Crippen molar-refractivity contribution in [3.8, 4) is 11.5 Å². The number of hydrogen-bond donors (Lipinski definition) is 1. The third-order valence-corrected chi connectivity index (χ3v) is 5.33. The van der Waals surface area contributed by atoms with Crippen LogP contribution in [-0.2, 0) is 0 Å². The van der Waals surface area contributed by atoms with Crippen LogP contribution in [0.1, 0.15) is 76.6 Å². The molecule has 0 atom stereocenters. The van der Waals surface area contributed by atoms with Crippen LogP contribution in [0.15, 0.2) is 17.2 Å². The number of benzene rings is 1. The van der Waals surface area contributed by atoms with Crippen molar-refractivity contribution in [1.82, 2.24) is 14.9 Å². The molecule has 31 heavy (non-hydrogen) atoms. The fourth-order valence-corrected chi connectivity index (χ4v) is 3.46. The van der Waals surface area contributed by atoms with Gasteiger partial charge in [0.1, 0.15) is 0 Å². The van der Waals surface area contributed by atoms with Gasteiger partial charge >= 0.3 is 5.69 Å². The van der Waals surface area contributed by atoms with Crippen molar-refractivity contribution in [3.63, 3.8) is 0 Å². The minimum Gasteiger partial charge on any atom is -0.493 e. The summed E-state index contributed by atoms with van der Waals surface area (Å²) < 4.78 is 13.0. The number of nitro groups is 1. The fraction of sp³-hybridized carbons (Fsp3) is 0.571. The number of nitrogens with zero attached hydrogens (tertiary/aromatic N) is 4. The van der Waals surface area contributed by atoms with Crippen LogP contribution in [0.2, 0.25) is 0 Å². The predicted molar refractivity (Wildman–Crippen MR) is 123 cm³/mol. The second kappa shape index (κ2) is 12.2. The zero-order valence-corrected chi connectivity index (χ0v) is 19.4. The average Bonchev–Trinajstić information content (AvgIpc) is 3.13. The van der Waals surface area contributed by atoms with Gasteiger partial charge in [0.05, 0.1) is 24.9 Å². The monoisotopic (exact) mass is 449 g/mol. The number of ether oxygens (including phenoxy) is 2. The normalized spacial score (nSPS) is 11.4. The van der Waals surface area contributed by atoms with Gasteiger partial charge in [0.15, 0.2) is 11.6 Å². The van der Waals surface area contributed by atoms with Gasteiger partial charge in [-0.2, -0.15) is 14.9 Å². The van der Waals surface area contributed by atoms with E-state index in [0.717, 1.165) is 44.3 Å². The molecule has 0 amide bonds. The van der Waals surface area contributed by atoms with E-state index in [2.05, 4.69) is 36.1 Å². The molecule has 0 bridgehead atoms. The molecule has 2 rings (SSSR count). The van der Waals surface area contributed by atoms with E-state index in [4.69, 9.17) is 21.7 Å². The molecule has 0 aliphatic carbocycles. The Hall–Kier alpha value is -2.75. The summed E-state index contributed by atoms with van der Waals surface area (Å²) in [5.41, 5.74) is 0.341. The molecule has 0 saturated heterocycles. The molecule has 0 saturated carbocycles. The van der Waals surface area contributed by atoms with E-state index in [1.54, 1.807) is 10.7 Å². The number of unbranched alkanes of at least 4 members (excludes halogenated alkanes) is 3. The standard InChI is InChI=1S/C21H31N5O4S/c1-5-8-9-10-11-30-19-17(26(27)28)12-15(13-18(19)29-4)14-22-25-20(16(6-2)7-3)23-24-21(25)31/h12-14,16H,5-11H2,1-4H3,(H,24,31)/b22-14-. The van der Waals surface area contributed by atoms with Gasteiger partial charge in [0, 0.05) is 17.5 Å². The van der Waals surface area contributed by atoms with Crippen LogP contribution in [0.4, 0.5) is 5.69 Å². The molecule has 0 spiro atoms. The van der Waals surface area contributed by atoms with Gasteiger partial charge in [0.2, 0.25) is 10.5 Å². The lowest BCUT2D eigenvalue weighted by Crippen LogP contribution is -2.06. The van der Waals surface area contributed by atoms with E-state index in [9.17, 15) is 10.1 Å². The molecule has 0 aliphatic heterocycles. The number of rotatable bonds is 13. The minimum absolute atomic E-state index is 0.138. The van der Waals surface area contributed by atoms with Crippen LogP contribution in [0.25, 0.3) is 0 Å². The molecule has 1 aromatic heterocycles. The Morgan fingerprint density at radius 1 is 1.29 bits per heavy atom. The highest BCUT2D eigenvalue weighted by Gasteiger charge is 2.22. The number of nitrogens with one attached hydrogen (secondary N) is 1. The fourth-order valence-electron chi connectivity index (χ4n) is 3.28. The summed E-state index contributed by atoms with van der Waals surface area (Å²) in [6.07, 6.45) is 7.36. The molecule has 0 radical (unpaired) electrons. The predicted octanol–water partition coefficient (Wildman–Crippen LogP) is 5.60. The maximum Gasteiger partial charge on any atom is 0.315 e. The van der Waals surface area contributed by atoms with Crippen LogP contribution in [0.5, 0.6) is 11.5 Å². The summed E-state index contributed by atoms with van der Waals surface area (Å²) >= 11 is 5.30. The molecular formula is C21H31N5O4S. The third-order valence-electron chi connectivity index (χ3n) is 5.07. The van der Waals surface area contributed by atoms with Crippen LogP contribution in [-0.4, -0.2) is 39.7 Å². The topological polar surface area (TPSA) is 108 Å². The van der Waals surface area contributed by atoms with E-state index in [1.807, 2.05) is 0 Å². The summed E-state index contributed by atoms with van der Waals surface area (Å²) in [6, 6.07) is 3.09. The Bertz CT molecular complexity index is 950. The highest BCUT2D eigenvalue weighted by Crippen LogP contribution is 2.38. The SMILES string of the molecule is CCCCCCOc1c(OC)cc(/C=N\n2c(C(CC)CC)n[nH]c2=S)cc1[N+](=O)[O-]. The van der Waals surface area contributed by atoms with E-state index >= 15 is 0 Å². The maximum atomic E-state index is 11.7. The summed E-state index contributed by atoms with van der Waals surface area (Å²) in [7, 11) is 1.46. The van der Waals surface area contributed by atoms with Gasteiger partial charge in [-0.05, 0) is 37.5 Å². The Balaban J connectivity index is 2.34. The molecule has 170 valence electrons. The molecule has 2 aromatic rings. The van der Waals surface area contributed by atoms with Crippen molar-refractivity contribution in [2.45, 2.75) is 65.2 Å². The van der Waals surface area contributed by atoms with Crippen LogP contribution >= 0.6 is 12.2 Å². The second-order valence-electron chi connectivity index (χ2n) is 7.19. The number of nitro benzene ring substituents is 1. The van der Waals surface area contributed by atoms with Crippen molar-refractivity contribution in [1.29, 1.82) is 0 Å². The molecule has 0 fully saturated rings. The molecule has 0 unspecified atom stereocenters. The smallest absolute Gasteiger partial charge is 0.315 e. The van der Waals surface area contributed by atoms with Crippen LogP contribution < -0.4 is 9.47 Å². The molecule has 10 heteroatoms. The van der Waals surface area contributed by atoms with Crippen molar-refractivity contribution < 1.29 is 14.4 Å². The van der Waals surface area contributed by atoms with Gasteiger partial charge in [-0.1, -0.05) is 40.0 Å². The Morgan fingerprint density at radius 2 is 2.03 bits per heavy atom. The zero-order chi connectivity index (χ0) is 22.8. The zero-order valence-electron chi connectivity index (χ0n) is 18.6. The molecule has 0 aliphatic rings. The van der Waals surface area contributed by atoms with Crippen molar-refractivity contribution in [3.05, 3.63) is 38.4 Å². The summed E-state index contributed by atoms with van der Waals surface area (Å²) in [6.45, 7) is 6.68. The van der Waals surface area contributed by atoms with Crippen molar-refractivity contribution in [2.75, 3.05) is 13.7 Å². The van der Waals surface area contributed by atoms with E-state index in [-0.39, 0.29) is 17.4 Å². The lowest BCUT2D eigenvalue weighted by Gasteiger charge is -2.12. The number of aromatic nitrogens is 3. The first-order valence-corrected chi connectivity index (χ1v) is 11.1. The van der Waals surface area contributed by atoms with Gasteiger partial charge in [-0.25, -0.2) is 0 Å². The first kappa shape index (κ1) is 24.5. The van der Waals surface area contributed by atoms with E-state index in [0.29, 0.717) is 22.7 Å².